The van der Waals surface area contributed by atoms with Crippen molar-refractivity contribution < 1.29 is 0 Å². The van der Waals surface area contributed by atoms with Crippen molar-refractivity contribution in [3.05, 3.63) is 80.1 Å². The van der Waals surface area contributed by atoms with Crippen LogP contribution in [0.3, 0.4) is 0 Å². The number of benzene rings is 3. The third-order valence-electron chi connectivity index (χ3n) is 5.40. The highest BCUT2D eigenvalue weighted by Crippen LogP contribution is 2.38. The van der Waals surface area contributed by atoms with Crippen molar-refractivity contribution in [3.8, 4) is 0 Å². The SMILES string of the molecule is Cc1c(C)c2c(=O)c3ccccc3c2c2c1c(=O)c1ccccc12. The first-order valence-corrected chi connectivity index (χ1v) is 8.06. The van der Waals surface area contributed by atoms with E-state index in [4.69, 9.17) is 0 Å². The number of hydrogen-bond donors (Lipinski definition) is 0. The van der Waals surface area contributed by atoms with Gasteiger partial charge in [0.2, 0.25) is 0 Å². The molecule has 0 amide bonds. The van der Waals surface area contributed by atoms with E-state index in [1.165, 1.54) is 0 Å². The molecule has 2 nitrogen and oxygen atoms in total. The Labute approximate surface area is 137 Å². The summed E-state index contributed by atoms with van der Waals surface area (Å²) >= 11 is 0. The first-order valence-electron chi connectivity index (χ1n) is 8.06. The van der Waals surface area contributed by atoms with Gasteiger partial charge in [0.25, 0.3) is 0 Å². The fourth-order valence-corrected chi connectivity index (χ4v) is 4.17. The van der Waals surface area contributed by atoms with Gasteiger partial charge in [-0.15, -0.1) is 0 Å². The van der Waals surface area contributed by atoms with Crippen LogP contribution in [0, 0.1) is 13.8 Å². The lowest BCUT2D eigenvalue weighted by atomic mass is 9.96. The maximum atomic E-state index is 13.0. The molecule has 114 valence electrons. The maximum absolute atomic E-state index is 13.0. The molecule has 0 atom stereocenters. The number of hydrogen-bond acceptors (Lipinski definition) is 2. The van der Waals surface area contributed by atoms with Gasteiger partial charge in [0.05, 0.1) is 0 Å². The normalized spacial score (nSPS) is 12.1. The lowest BCUT2D eigenvalue weighted by Gasteiger charge is -2.05. The lowest BCUT2D eigenvalue weighted by molar-refractivity contribution is 1.41. The smallest absolute Gasteiger partial charge is 0.194 e. The van der Waals surface area contributed by atoms with Crippen LogP contribution >= 0.6 is 0 Å². The Hall–Kier alpha value is -3.00. The average molecular weight is 310 g/mol. The van der Waals surface area contributed by atoms with E-state index in [0.29, 0.717) is 0 Å². The minimum absolute atomic E-state index is 0.0702. The van der Waals surface area contributed by atoms with Crippen LogP contribution < -0.4 is 10.9 Å². The van der Waals surface area contributed by atoms with E-state index in [1.807, 2.05) is 62.4 Å². The second-order valence-corrected chi connectivity index (χ2v) is 6.50. The summed E-state index contributed by atoms with van der Waals surface area (Å²) in [5.41, 5.74) is 1.99. The van der Waals surface area contributed by atoms with E-state index in [9.17, 15) is 9.59 Å². The molecule has 0 fully saturated rings. The zero-order valence-corrected chi connectivity index (χ0v) is 13.4. The van der Waals surface area contributed by atoms with Gasteiger partial charge in [-0.3, -0.25) is 9.59 Å². The fraction of sp³-hybridized carbons (Fsp3) is 0.0909. The van der Waals surface area contributed by atoms with E-state index in [-0.39, 0.29) is 10.9 Å². The molecule has 0 bridgehead atoms. The van der Waals surface area contributed by atoms with Crippen LogP contribution in [0.1, 0.15) is 11.1 Å². The fourth-order valence-electron chi connectivity index (χ4n) is 4.17. The molecule has 2 heteroatoms. The van der Waals surface area contributed by atoms with E-state index in [2.05, 4.69) is 0 Å². The summed E-state index contributed by atoms with van der Waals surface area (Å²) in [6.45, 7) is 3.91. The second kappa shape index (κ2) is 4.30. The molecule has 5 aromatic rings. The number of fused-ring (bicyclic) bond motifs is 7. The highest BCUT2D eigenvalue weighted by molar-refractivity contribution is 6.32. The van der Waals surface area contributed by atoms with Gasteiger partial charge in [0.15, 0.2) is 10.9 Å². The maximum Gasteiger partial charge on any atom is 0.194 e. The molecule has 0 saturated carbocycles. The van der Waals surface area contributed by atoms with Crippen molar-refractivity contribution in [3.63, 3.8) is 0 Å². The first kappa shape index (κ1) is 13.4. The first-order chi connectivity index (χ1) is 11.6. The highest BCUT2D eigenvalue weighted by atomic mass is 16.1. The third kappa shape index (κ3) is 1.37. The van der Waals surface area contributed by atoms with Crippen LogP contribution in [0.2, 0.25) is 0 Å². The van der Waals surface area contributed by atoms with Crippen LogP contribution in [0.4, 0.5) is 0 Å². The van der Waals surface area contributed by atoms with Crippen molar-refractivity contribution in [1.29, 1.82) is 0 Å². The van der Waals surface area contributed by atoms with E-state index < -0.39 is 0 Å². The summed E-state index contributed by atoms with van der Waals surface area (Å²) in [5.74, 6) is 0. The quantitative estimate of drug-likeness (QED) is 0.421. The molecule has 0 heterocycles. The molecule has 0 saturated heterocycles. The molecular weight excluding hydrogens is 296 g/mol. The van der Waals surface area contributed by atoms with Crippen molar-refractivity contribution >= 4 is 43.1 Å². The van der Waals surface area contributed by atoms with Crippen LogP contribution in [0.5, 0.6) is 0 Å². The zero-order valence-electron chi connectivity index (χ0n) is 13.4. The van der Waals surface area contributed by atoms with E-state index >= 15 is 0 Å². The minimum atomic E-state index is 0.0702. The standard InChI is InChI=1S/C22H14O2/c1-11-12(2)18-20(14-8-4-6-10-16(14)22(18)24)19-13-7-3-5-9-15(13)21(23)17(11)19/h3-10H,1-2H3. The number of aryl methyl sites for hydroxylation is 2. The van der Waals surface area contributed by atoms with Gasteiger partial charge in [-0.2, -0.15) is 0 Å². The Morgan fingerprint density at radius 3 is 1.21 bits per heavy atom. The van der Waals surface area contributed by atoms with Gasteiger partial charge in [0.1, 0.15) is 0 Å². The molecule has 24 heavy (non-hydrogen) atoms. The summed E-state index contributed by atoms with van der Waals surface area (Å²) in [6, 6.07) is 15.4. The van der Waals surface area contributed by atoms with Gasteiger partial charge >= 0.3 is 0 Å². The summed E-state index contributed by atoms with van der Waals surface area (Å²) in [5, 5.41) is 6.76. The molecular formula is C22H14O2. The molecule has 0 N–H and O–H groups in total. The van der Waals surface area contributed by atoms with Gasteiger partial charge in [0, 0.05) is 32.3 Å². The molecule has 0 radical (unpaired) electrons. The summed E-state index contributed by atoms with van der Waals surface area (Å²) in [6.07, 6.45) is 0. The third-order valence-corrected chi connectivity index (χ3v) is 5.40. The molecule has 5 rings (SSSR count). The van der Waals surface area contributed by atoms with E-state index in [0.717, 1.165) is 54.2 Å². The van der Waals surface area contributed by atoms with Crippen LogP contribution in [-0.4, -0.2) is 0 Å². The highest BCUT2D eigenvalue weighted by Gasteiger charge is 2.22. The second-order valence-electron chi connectivity index (χ2n) is 6.50. The average Bonchev–Trinajstić information content (AvgIpc) is 3.06. The Balaban J connectivity index is 2.33. The topological polar surface area (TPSA) is 34.1 Å². The summed E-state index contributed by atoms with van der Waals surface area (Å²) < 4.78 is 0. The number of rotatable bonds is 0. The Morgan fingerprint density at radius 2 is 0.833 bits per heavy atom. The molecule has 0 aliphatic heterocycles. The van der Waals surface area contributed by atoms with Crippen LogP contribution in [-0.2, 0) is 0 Å². The molecule has 0 aliphatic carbocycles. The predicted octanol–water partition coefficient (Wildman–Crippen LogP) is 4.51. The monoisotopic (exact) mass is 310 g/mol. The van der Waals surface area contributed by atoms with Gasteiger partial charge in [-0.1, -0.05) is 48.5 Å². The van der Waals surface area contributed by atoms with Crippen molar-refractivity contribution in [2.24, 2.45) is 0 Å². The Morgan fingerprint density at radius 1 is 0.500 bits per heavy atom. The zero-order chi connectivity index (χ0) is 16.6. The van der Waals surface area contributed by atoms with Gasteiger partial charge < -0.3 is 0 Å². The Kier molecular flexibility index (Phi) is 2.41. The van der Waals surface area contributed by atoms with Crippen LogP contribution in [0.25, 0.3) is 43.1 Å². The largest absolute Gasteiger partial charge is 0.289 e. The summed E-state index contributed by atoms with van der Waals surface area (Å²) in [7, 11) is 0. The van der Waals surface area contributed by atoms with Crippen molar-refractivity contribution in [1.82, 2.24) is 0 Å². The predicted molar refractivity (Wildman–Crippen MR) is 101 cm³/mol. The van der Waals surface area contributed by atoms with Gasteiger partial charge in [-0.05, 0) is 35.7 Å². The lowest BCUT2D eigenvalue weighted by Crippen LogP contribution is -2.01. The van der Waals surface area contributed by atoms with Crippen molar-refractivity contribution in [2.45, 2.75) is 13.8 Å². The molecule has 0 aliphatic rings. The van der Waals surface area contributed by atoms with E-state index in [1.54, 1.807) is 0 Å². The van der Waals surface area contributed by atoms with Crippen molar-refractivity contribution in [2.75, 3.05) is 0 Å². The molecule has 0 aromatic heterocycles. The molecule has 0 unspecified atom stereocenters. The molecule has 5 aromatic carbocycles. The van der Waals surface area contributed by atoms with Gasteiger partial charge in [-0.25, -0.2) is 0 Å². The Bertz CT molecular complexity index is 1290. The molecule has 0 spiro atoms. The summed E-state index contributed by atoms with van der Waals surface area (Å²) in [4.78, 5) is 25.9. The minimum Gasteiger partial charge on any atom is -0.289 e. The van der Waals surface area contributed by atoms with Crippen LogP contribution in [0.15, 0.2) is 58.1 Å².